The molecule has 0 radical (unpaired) electrons. The van der Waals surface area contributed by atoms with Gasteiger partial charge in [-0.25, -0.2) is 0 Å². The summed E-state index contributed by atoms with van der Waals surface area (Å²) >= 11 is 0. The molecule has 6 heteroatoms. The monoisotopic (exact) mass is 269 g/mol. The van der Waals surface area contributed by atoms with Crippen LogP contribution in [0.1, 0.15) is 20.3 Å². The number of ether oxygens (including phenoxy) is 1. The number of cyclic esters (lactones) is 1. The largest absolute Gasteiger partial charge is 0.461 e. The lowest BCUT2D eigenvalue weighted by molar-refractivity contribution is -0.145. The molecular weight excluding hydrogens is 246 g/mol. The van der Waals surface area contributed by atoms with Crippen LogP contribution in [-0.4, -0.2) is 73.1 Å². The summed E-state index contributed by atoms with van der Waals surface area (Å²) in [6, 6.07) is -0.0818. The summed E-state index contributed by atoms with van der Waals surface area (Å²) in [6.45, 7) is 8.28. The number of hydrogen-bond acceptors (Lipinski definition) is 5. The van der Waals surface area contributed by atoms with Crippen molar-refractivity contribution in [2.75, 3.05) is 39.3 Å². The molecule has 108 valence electrons. The molecule has 1 amide bonds. The molecule has 2 atom stereocenters. The molecule has 0 unspecified atom stereocenters. The first-order chi connectivity index (χ1) is 9.10. The smallest absolute Gasteiger partial charge is 0.323 e. The van der Waals surface area contributed by atoms with Gasteiger partial charge in [-0.05, 0) is 13.8 Å². The number of carbonyl (C=O) groups is 2. The lowest BCUT2D eigenvalue weighted by Gasteiger charge is -2.36. The van der Waals surface area contributed by atoms with Crippen molar-refractivity contribution in [2.45, 2.75) is 32.4 Å². The summed E-state index contributed by atoms with van der Waals surface area (Å²) < 4.78 is 5.19. The molecule has 0 aromatic carbocycles. The molecule has 0 spiro atoms. The van der Waals surface area contributed by atoms with Gasteiger partial charge in [0, 0.05) is 39.1 Å². The van der Waals surface area contributed by atoms with E-state index in [-0.39, 0.29) is 24.0 Å². The van der Waals surface area contributed by atoms with E-state index in [1.807, 2.05) is 13.8 Å². The van der Waals surface area contributed by atoms with Crippen molar-refractivity contribution in [1.82, 2.24) is 15.1 Å². The van der Waals surface area contributed by atoms with Crippen molar-refractivity contribution < 1.29 is 14.3 Å². The van der Waals surface area contributed by atoms with Gasteiger partial charge < -0.3 is 10.1 Å². The third kappa shape index (κ3) is 3.67. The predicted octanol–water partition coefficient (Wildman–Crippen LogP) is -0.556. The Balaban J connectivity index is 1.76. The zero-order valence-corrected chi connectivity index (χ0v) is 11.7. The standard InChI is InChI=1S/C13H23N3O3/c1-3-14-12(17)9-15-4-6-16(7-5-15)11-8-10(2)19-13(11)18/h10-11H,3-9H2,1-2H3,(H,14,17)/t10-,11-/m0/s1. The Morgan fingerprint density at radius 3 is 2.58 bits per heavy atom. The number of amides is 1. The van der Waals surface area contributed by atoms with Gasteiger partial charge in [-0.15, -0.1) is 0 Å². The van der Waals surface area contributed by atoms with Gasteiger partial charge in [0.1, 0.15) is 12.1 Å². The molecule has 0 aromatic heterocycles. The molecule has 2 rings (SSSR count). The topological polar surface area (TPSA) is 61.9 Å². The fraction of sp³-hybridized carbons (Fsp3) is 0.846. The highest BCUT2D eigenvalue weighted by Gasteiger charge is 2.37. The van der Waals surface area contributed by atoms with Gasteiger partial charge in [0.25, 0.3) is 0 Å². The minimum absolute atomic E-state index is 0.0332. The van der Waals surface area contributed by atoms with Crippen LogP contribution in [0.5, 0.6) is 0 Å². The molecule has 2 aliphatic rings. The van der Waals surface area contributed by atoms with Crippen molar-refractivity contribution in [3.63, 3.8) is 0 Å². The van der Waals surface area contributed by atoms with Crippen LogP contribution in [0.25, 0.3) is 0 Å². The van der Waals surface area contributed by atoms with Crippen molar-refractivity contribution in [1.29, 1.82) is 0 Å². The number of carbonyl (C=O) groups excluding carboxylic acids is 2. The van der Waals surface area contributed by atoms with Gasteiger partial charge in [0.15, 0.2) is 0 Å². The third-order valence-electron chi connectivity index (χ3n) is 3.73. The van der Waals surface area contributed by atoms with E-state index in [2.05, 4.69) is 15.1 Å². The molecule has 0 saturated carbocycles. The van der Waals surface area contributed by atoms with Gasteiger partial charge in [-0.3, -0.25) is 19.4 Å². The average molecular weight is 269 g/mol. The van der Waals surface area contributed by atoms with E-state index in [9.17, 15) is 9.59 Å². The van der Waals surface area contributed by atoms with Crippen LogP contribution >= 0.6 is 0 Å². The molecule has 2 fully saturated rings. The summed E-state index contributed by atoms with van der Waals surface area (Å²) in [4.78, 5) is 27.5. The molecule has 1 N–H and O–H groups in total. The van der Waals surface area contributed by atoms with E-state index < -0.39 is 0 Å². The first kappa shape index (κ1) is 14.3. The van der Waals surface area contributed by atoms with E-state index in [0.29, 0.717) is 13.1 Å². The maximum atomic E-state index is 11.7. The summed E-state index contributed by atoms with van der Waals surface area (Å²) in [5, 5.41) is 2.80. The van der Waals surface area contributed by atoms with Crippen LogP contribution in [0, 0.1) is 0 Å². The highest BCUT2D eigenvalue weighted by atomic mass is 16.6. The molecule has 2 saturated heterocycles. The summed E-state index contributed by atoms with van der Waals surface area (Å²) in [5.74, 6) is -0.0190. The fourth-order valence-electron chi connectivity index (χ4n) is 2.72. The minimum atomic E-state index is -0.0929. The van der Waals surface area contributed by atoms with Gasteiger partial charge in [-0.1, -0.05) is 0 Å². The Hall–Kier alpha value is -1.14. The first-order valence-corrected chi connectivity index (χ1v) is 7.03. The Bertz CT molecular complexity index is 340. The molecule has 0 aliphatic carbocycles. The van der Waals surface area contributed by atoms with Gasteiger partial charge in [-0.2, -0.15) is 0 Å². The Morgan fingerprint density at radius 2 is 2.05 bits per heavy atom. The van der Waals surface area contributed by atoms with Crippen LogP contribution in [0.15, 0.2) is 0 Å². The molecule has 2 heterocycles. The number of likely N-dealkylation sites (N-methyl/N-ethyl adjacent to an activating group) is 1. The lowest BCUT2D eigenvalue weighted by Crippen LogP contribution is -2.53. The van der Waals surface area contributed by atoms with Crippen molar-refractivity contribution in [2.24, 2.45) is 0 Å². The second-order valence-corrected chi connectivity index (χ2v) is 5.26. The molecule has 0 aromatic rings. The van der Waals surface area contributed by atoms with Crippen molar-refractivity contribution >= 4 is 11.9 Å². The van der Waals surface area contributed by atoms with Gasteiger partial charge in [0.05, 0.1) is 6.54 Å². The molecule has 0 bridgehead atoms. The number of piperazine rings is 1. The first-order valence-electron chi connectivity index (χ1n) is 7.03. The van der Waals surface area contributed by atoms with Crippen molar-refractivity contribution in [3.05, 3.63) is 0 Å². The van der Waals surface area contributed by atoms with E-state index in [1.54, 1.807) is 0 Å². The van der Waals surface area contributed by atoms with E-state index in [1.165, 1.54) is 0 Å². The Kier molecular flexibility index (Phi) is 4.76. The Labute approximate surface area is 114 Å². The SMILES string of the molecule is CCNC(=O)CN1CCN([C@H]2C[C@H](C)OC2=O)CC1. The second kappa shape index (κ2) is 6.34. The van der Waals surface area contributed by atoms with Crippen LogP contribution in [0.2, 0.25) is 0 Å². The molecular formula is C13H23N3O3. The highest BCUT2D eigenvalue weighted by Crippen LogP contribution is 2.20. The number of esters is 1. The normalized spacial score (nSPS) is 29.3. The summed E-state index contributed by atoms with van der Waals surface area (Å²) in [7, 11) is 0. The summed E-state index contributed by atoms with van der Waals surface area (Å²) in [6.07, 6.45) is 0.820. The van der Waals surface area contributed by atoms with Crippen LogP contribution in [0.4, 0.5) is 0 Å². The van der Waals surface area contributed by atoms with Crippen molar-refractivity contribution in [3.8, 4) is 0 Å². The minimum Gasteiger partial charge on any atom is -0.461 e. The molecule has 2 aliphatic heterocycles. The zero-order valence-electron chi connectivity index (χ0n) is 11.7. The molecule has 19 heavy (non-hydrogen) atoms. The predicted molar refractivity (Wildman–Crippen MR) is 70.7 cm³/mol. The van der Waals surface area contributed by atoms with Gasteiger partial charge >= 0.3 is 5.97 Å². The third-order valence-corrected chi connectivity index (χ3v) is 3.73. The molecule has 6 nitrogen and oxygen atoms in total. The highest BCUT2D eigenvalue weighted by molar-refractivity contribution is 5.78. The maximum absolute atomic E-state index is 11.7. The van der Waals surface area contributed by atoms with E-state index in [4.69, 9.17) is 4.74 Å². The van der Waals surface area contributed by atoms with Gasteiger partial charge in [0.2, 0.25) is 5.91 Å². The average Bonchev–Trinajstić information content (AvgIpc) is 2.70. The number of rotatable bonds is 4. The number of hydrogen-bond donors (Lipinski definition) is 1. The quantitative estimate of drug-likeness (QED) is 0.694. The number of nitrogens with one attached hydrogen (secondary N) is 1. The maximum Gasteiger partial charge on any atom is 0.323 e. The van der Waals surface area contributed by atoms with E-state index >= 15 is 0 Å². The zero-order chi connectivity index (χ0) is 13.8. The fourth-order valence-corrected chi connectivity index (χ4v) is 2.72. The Morgan fingerprint density at radius 1 is 1.37 bits per heavy atom. The second-order valence-electron chi connectivity index (χ2n) is 5.26. The number of nitrogens with zero attached hydrogens (tertiary/aromatic N) is 2. The van der Waals surface area contributed by atoms with Crippen LogP contribution < -0.4 is 5.32 Å². The van der Waals surface area contributed by atoms with Crippen LogP contribution in [0.3, 0.4) is 0 Å². The van der Waals surface area contributed by atoms with Crippen LogP contribution in [-0.2, 0) is 14.3 Å². The van der Waals surface area contributed by atoms with E-state index in [0.717, 1.165) is 32.6 Å². The summed E-state index contributed by atoms with van der Waals surface area (Å²) in [5.41, 5.74) is 0. The lowest BCUT2D eigenvalue weighted by atomic mass is 10.1.